The second kappa shape index (κ2) is 4.36. The summed E-state index contributed by atoms with van der Waals surface area (Å²) in [5.41, 5.74) is 0.331. The van der Waals surface area contributed by atoms with Crippen molar-refractivity contribution in [1.29, 1.82) is 0 Å². The number of hydrogen-bond donors (Lipinski definition) is 2. The van der Waals surface area contributed by atoms with Gasteiger partial charge < -0.3 is 10.6 Å². The van der Waals surface area contributed by atoms with E-state index in [-0.39, 0.29) is 0 Å². The first-order valence-corrected chi connectivity index (χ1v) is 6.91. The van der Waals surface area contributed by atoms with Crippen LogP contribution in [-0.4, -0.2) is 31.0 Å². The van der Waals surface area contributed by atoms with Crippen LogP contribution in [0.25, 0.3) is 0 Å². The summed E-state index contributed by atoms with van der Waals surface area (Å²) < 4.78 is 0. The van der Waals surface area contributed by atoms with E-state index >= 15 is 0 Å². The topological polar surface area (TPSA) is 36.4 Å². The first-order chi connectivity index (χ1) is 7.88. The fourth-order valence-corrected chi connectivity index (χ4v) is 3.38. The summed E-state index contributed by atoms with van der Waals surface area (Å²) in [5.74, 6) is 2.10. The van der Waals surface area contributed by atoms with E-state index < -0.39 is 0 Å². The molecule has 3 heteroatoms. The van der Waals surface area contributed by atoms with Crippen LogP contribution in [-0.2, 0) is 0 Å². The van der Waals surface area contributed by atoms with Gasteiger partial charge in [-0.05, 0) is 38.8 Å². The normalized spacial score (nSPS) is 30.1. The Hall–Kier alpha value is -0.570. The third kappa shape index (κ3) is 1.97. The van der Waals surface area contributed by atoms with Crippen LogP contribution in [0.3, 0.4) is 0 Å². The minimum absolute atomic E-state index is 0.331. The summed E-state index contributed by atoms with van der Waals surface area (Å²) in [4.78, 5) is 4.81. The van der Waals surface area contributed by atoms with Gasteiger partial charge in [0.25, 0.3) is 0 Å². The maximum Gasteiger partial charge on any atom is 0.1000 e. The summed E-state index contributed by atoms with van der Waals surface area (Å²) in [5, 5.41) is 7.23. The molecule has 0 aromatic heterocycles. The number of nitrogens with one attached hydrogen (secondary N) is 2. The Kier molecular flexibility index (Phi) is 2.88. The van der Waals surface area contributed by atoms with Crippen LogP contribution in [0.5, 0.6) is 0 Å². The van der Waals surface area contributed by atoms with Crippen LogP contribution < -0.4 is 10.6 Å². The summed E-state index contributed by atoms with van der Waals surface area (Å²) in [6, 6.07) is 0. The van der Waals surface area contributed by atoms with E-state index in [0.717, 1.165) is 25.6 Å². The molecule has 2 heterocycles. The SMILES string of the molecule is C1CCC(C2=NCC3(CCNCC3)N2)CC1. The van der Waals surface area contributed by atoms with Gasteiger partial charge in [-0.1, -0.05) is 19.3 Å². The van der Waals surface area contributed by atoms with Gasteiger partial charge in [-0.3, -0.25) is 4.99 Å². The Morgan fingerprint density at radius 3 is 2.56 bits per heavy atom. The molecule has 3 nitrogen and oxygen atoms in total. The van der Waals surface area contributed by atoms with Crippen molar-refractivity contribution in [2.75, 3.05) is 19.6 Å². The number of rotatable bonds is 1. The Balaban J connectivity index is 1.62. The molecule has 1 saturated carbocycles. The zero-order chi connectivity index (χ0) is 10.8. The Bertz CT molecular complexity index is 273. The van der Waals surface area contributed by atoms with Gasteiger partial charge in [0.1, 0.15) is 0 Å². The smallest absolute Gasteiger partial charge is 0.1000 e. The molecule has 3 aliphatic rings. The molecular weight excluding hydrogens is 198 g/mol. The molecule has 0 atom stereocenters. The number of hydrogen-bond acceptors (Lipinski definition) is 3. The third-order valence-electron chi connectivity index (χ3n) is 4.50. The van der Waals surface area contributed by atoms with Gasteiger partial charge in [0, 0.05) is 5.92 Å². The molecule has 90 valence electrons. The molecule has 3 rings (SSSR count). The van der Waals surface area contributed by atoms with Gasteiger partial charge in [0.05, 0.1) is 17.9 Å². The molecule has 1 saturated heterocycles. The standard InChI is InChI=1S/C13H23N3/c1-2-4-11(5-3-1)12-15-10-13(16-12)6-8-14-9-7-13/h11,14H,1-10H2,(H,15,16). The monoisotopic (exact) mass is 221 g/mol. The van der Waals surface area contributed by atoms with Crippen LogP contribution in [0.15, 0.2) is 4.99 Å². The number of aliphatic imine (C=N–C) groups is 1. The molecule has 0 aromatic carbocycles. The minimum atomic E-state index is 0.331. The van der Waals surface area contributed by atoms with Crippen molar-refractivity contribution in [2.24, 2.45) is 10.9 Å². The Labute approximate surface area is 98.1 Å². The highest BCUT2D eigenvalue weighted by Crippen LogP contribution is 2.30. The fraction of sp³-hybridized carbons (Fsp3) is 0.923. The lowest BCUT2D eigenvalue weighted by molar-refractivity contribution is 0.298. The van der Waals surface area contributed by atoms with Crippen molar-refractivity contribution in [3.8, 4) is 0 Å². The Morgan fingerprint density at radius 1 is 1.06 bits per heavy atom. The summed E-state index contributed by atoms with van der Waals surface area (Å²) in [6.07, 6.45) is 9.44. The van der Waals surface area contributed by atoms with Crippen molar-refractivity contribution >= 4 is 5.84 Å². The number of nitrogens with zero attached hydrogens (tertiary/aromatic N) is 1. The van der Waals surface area contributed by atoms with Crippen molar-refractivity contribution in [3.63, 3.8) is 0 Å². The molecule has 2 aliphatic heterocycles. The van der Waals surface area contributed by atoms with E-state index in [9.17, 15) is 0 Å². The summed E-state index contributed by atoms with van der Waals surface area (Å²) in [7, 11) is 0. The average molecular weight is 221 g/mol. The largest absolute Gasteiger partial charge is 0.366 e. The molecular formula is C13H23N3. The lowest BCUT2D eigenvalue weighted by Crippen LogP contribution is -2.53. The zero-order valence-corrected chi connectivity index (χ0v) is 10.1. The van der Waals surface area contributed by atoms with E-state index in [1.807, 2.05) is 0 Å². The van der Waals surface area contributed by atoms with E-state index in [2.05, 4.69) is 10.6 Å². The summed E-state index contributed by atoms with van der Waals surface area (Å²) in [6.45, 7) is 3.33. The lowest BCUT2D eigenvalue weighted by atomic mass is 9.86. The molecule has 0 bridgehead atoms. The van der Waals surface area contributed by atoms with Gasteiger partial charge in [0.2, 0.25) is 0 Å². The highest BCUT2D eigenvalue weighted by molar-refractivity contribution is 5.87. The number of amidine groups is 1. The van der Waals surface area contributed by atoms with Crippen LogP contribution in [0.2, 0.25) is 0 Å². The molecule has 16 heavy (non-hydrogen) atoms. The minimum Gasteiger partial charge on any atom is -0.366 e. The van der Waals surface area contributed by atoms with E-state index in [1.54, 1.807) is 0 Å². The molecule has 1 spiro atoms. The van der Waals surface area contributed by atoms with E-state index in [0.29, 0.717) is 5.54 Å². The van der Waals surface area contributed by atoms with Crippen LogP contribution >= 0.6 is 0 Å². The molecule has 2 fully saturated rings. The predicted molar refractivity (Wildman–Crippen MR) is 66.8 cm³/mol. The van der Waals surface area contributed by atoms with Gasteiger partial charge >= 0.3 is 0 Å². The third-order valence-corrected chi connectivity index (χ3v) is 4.50. The van der Waals surface area contributed by atoms with Gasteiger partial charge in [-0.15, -0.1) is 0 Å². The quantitative estimate of drug-likeness (QED) is 0.707. The van der Waals surface area contributed by atoms with Gasteiger partial charge in [0.15, 0.2) is 0 Å². The predicted octanol–water partition coefficient (Wildman–Crippen LogP) is 1.69. The average Bonchev–Trinajstić information content (AvgIpc) is 2.75. The van der Waals surface area contributed by atoms with Crippen molar-refractivity contribution in [3.05, 3.63) is 0 Å². The highest BCUT2D eigenvalue weighted by atomic mass is 15.2. The second-order valence-corrected chi connectivity index (χ2v) is 5.69. The lowest BCUT2D eigenvalue weighted by Gasteiger charge is -2.35. The molecule has 1 aliphatic carbocycles. The maximum atomic E-state index is 4.81. The Morgan fingerprint density at radius 2 is 1.81 bits per heavy atom. The van der Waals surface area contributed by atoms with E-state index in [4.69, 9.17) is 4.99 Å². The van der Waals surface area contributed by atoms with Crippen LogP contribution in [0, 0.1) is 5.92 Å². The molecule has 0 amide bonds. The second-order valence-electron chi connectivity index (χ2n) is 5.69. The van der Waals surface area contributed by atoms with Crippen molar-refractivity contribution < 1.29 is 0 Å². The molecule has 0 aromatic rings. The first-order valence-electron chi connectivity index (χ1n) is 6.91. The zero-order valence-electron chi connectivity index (χ0n) is 10.1. The van der Waals surface area contributed by atoms with E-state index in [1.165, 1.54) is 50.8 Å². The molecule has 2 N–H and O–H groups in total. The van der Waals surface area contributed by atoms with Crippen molar-refractivity contribution in [2.45, 2.75) is 50.5 Å². The summed E-state index contributed by atoms with van der Waals surface area (Å²) >= 11 is 0. The van der Waals surface area contributed by atoms with Crippen LogP contribution in [0.1, 0.15) is 44.9 Å². The first kappa shape index (κ1) is 10.6. The fourth-order valence-electron chi connectivity index (χ4n) is 3.38. The highest BCUT2D eigenvalue weighted by Gasteiger charge is 2.38. The number of piperidine rings is 1. The maximum absolute atomic E-state index is 4.81. The van der Waals surface area contributed by atoms with Gasteiger partial charge in [-0.25, -0.2) is 0 Å². The van der Waals surface area contributed by atoms with Crippen molar-refractivity contribution in [1.82, 2.24) is 10.6 Å². The molecule has 0 radical (unpaired) electrons. The van der Waals surface area contributed by atoms with Crippen LogP contribution in [0.4, 0.5) is 0 Å². The van der Waals surface area contributed by atoms with Gasteiger partial charge in [-0.2, -0.15) is 0 Å². The molecule has 0 unspecified atom stereocenters.